The average molecular weight is 363 g/mol. The molecule has 0 unspecified atom stereocenters. The fraction of sp³-hybridized carbons (Fsp3) is 0.278. The summed E-state index contributed by atoms with van der Waals surface area (Å²) in [7, 11) is 0. The molecule has 132 valence electrons. The number of aryl methyl sites for hydroxylation is 2. The molecule has 25 heavy (non-hydrogen) atoms. The summed E-state index contributed by atoms with van der Waals surface area (Å²) >= 11 is 5.87. The SMILES string of the molecule is Cc1cccc(C)c1OCC(=O)O[C@@H](C)C(=O)Nc1cccnc1Cl. The molecule has 0 spiro atoms. The van der Waals surface area contributed by atoms with Gasteiger partial charge in [0.2, 0.25) is 0 Å². The molecular weight excluding hydrogens is 344 g/mol. The Balaban J connectivity index is 1.87. The zero-order valence-corrected chi connectivity index (χ0v) is 15.0. The van der Waals surface area contributed by atoms with E-state index >= 15 is 0 Å². The Morgan fingerprint density at radius 1 is 1.20 bits per heavy atom. The molecule has 0 saturated carbocycles. The molecule has 2 aromatic rings. The third-order valence-electron chi connectivity index (χ3n) is 3.44. The van der Waals surface area contributed by atoms with Crippen LogP contribution in [0.4, 0.5) is 5.69 Å². The minimum absolute atomic E-state index is 0.160. The largest absolute Gasteiger partial charge is 0.481 e. The molecule has 1 aromatic carbocycles. The van der Waals surface area contributed by atoms with E-state index < -0.39 is 18.0 Å². The van der Waals surface area contributed by atoms with Crippen molar-refractivity contribution in [1.29, 1.82) is 0 Å². The number of amides is 1. The first-order chi connectivity index (χ1) is 11.9. The Bertz CT molecular complexity index is 759. The average Bonchev–Trinajstić information content (AvgIpc) is 2.56. The van der Waals surface area contributed by atoms with Crippen LogP contribution in [0.5, 0.6) is 5.75 Å². The summed E-state index contributed by atoms with van der Waals surface area (Å²) in [6, 6.07) is 8.93. The number of aromatic nitrogens is 1. The summed E-state index contributed by atoms with van der Waals surface area (Å²) < 4.78 is 10.6. The second kappa shape index (κ2) is 8.48. The molecule has 1 aromatic heterocycles. The second-order valence-electron chi connectivity index (χ2n) is 5.47. The molecule has 0 aliphatic rings. The number of anilines is 1. The zero-order chi connectivity index (χ0) is 18.4. The fourth-order valence-electron chi connectivity index (χ4n) is 2.16. The topological polar surface area (TPSA) is 77.5 Å². The Labute approximate surface area is 151 Å². The van der Waals surface area contributed by atoms with Crippen molar-refractivity contribution in [1.82, 2.24) is 4.98 Å². The molecule has 7 heteroatoms. The minimum Gasteiger partial charge on any atom is -0.481 e. The Morgan fingerprint density at radius 3 is 2.52 bits per heavy atom. The number of carbonyl (C=O) groups excluding carboxylic acids is 2. The summed E-state index contributed by atoms with van der Waals surface area (Å²) in [6.07, 6.45) is 0.511. The van der Waals surface area contributed by atoms with E-state index in [-0.39, 0.29) is 11.8 Å². The maximum Gasteiger partial charge on any atom is 0.344 e. The zero-order valence-electron chi connectivity index (χ0n) is 14.2. The molecule has 1 heterocycles. The van der Waals surface area contributed by atoms with Gasteiger partial charge >= 0.3 is 5.97 Å². The highest BCUT2D eigenvalue weighted by Gasteiger charge is 2.19. The van der Waals surface area contributed by atoms with Gasteiger partial charge in [0.05, 0.1) is 5.69 Å². The maximum absolute atomic E-state index is 12.1. The first-order valence-corrected chi connectivity index (χ1v) is 8.06. The van der Waals surface area contributed by atoms with Crippen LogP contribution in [0.15, 0.2) is 36.5 Å². The van der Waals surface area contributed by atoms with Crippen LogP contribution in [0, 0.1) is 13.8 Å². The highest BCUT2D eigenvalue weighted by Crippen LogP contribution is 2.22. The molecule has 0 fully saturated rings. The van der Waals surface area contributed by atoms with Crippen LogP contribution >= 0.6 is 11.6 Å². The van der Waals surface area contributed by atoms with Crippen LogP contribution in [0.1, 0.15) is 18.1 Å². The number of benzene rings is 1. The third kappa shape index (κ3) is 5.19. The van der Waals surface area contributed by atoms with Crippen molar-refractivity contribution in [3.8, 4) is 5.75 Å². The van der Waals surface area contributed by atoms with Crippen molar-refractivity contribution in [3.05, 3.63) is 52.8 Å². The number of hydrogen-bond acceptors (Lipinski definition) is 5. The Morgan fingerprint density at radius 2 is 1.88 bits per heavy atom. The van der Waals surface area contributed by atoms with E-state index in [9.17, 15) is 9.59 Å². The van der Waals surface area contributed by atoms with Crippen molar-refractivity contribution in [3.63, 3.8) is 0 Å². The van der Waals surface area contributed by atoms with E-state index in [2.05, 4.69) is 10.3 Å². The van der Waals surface area contributed by atoms with Crippen LogP contribution in [0.3, 0.4) is 0 Å². The molecule has 0 bridgehead atoms. The van der Waals surface area contributed by atoms with Crippen LogP contribution in [0.2, 0.25) is 5.15 Å². The predicted molar refractivity (Wildman–Crippen MR) is 94.8 cm³/mol. The molecule has 0 aliphatic heterocycles. The monoisotopic (exact) mass is 362 g/mol. The fourth-order valence-corrected chi connectivity index (χ4v) is 2.32. The van der Waals surface area contributed by atoms with Crippen molar-refractivity contribution >= 4 is 29.2 Å². The number of esters is 1. The van der Waals surface area contributed by atoms with Gasteiger partial charge in [-0.25, -0.2) is 9.78 Å². The van der Waals surface area contributed by atoms with Crippen molar-refractivity contribution < 1.29 is 19.1 Å². The van der Waals surface area contributed by atoms with Gasteiger partial charge in [-0.2, -0.15) is 0 Å². The molecule has 6 nitrogen and oxygen atoms in total. The number of hydrogen-bond donors (Lipinski definition) is 1. The van der Waals surface area contributed by atoms with Gasteiger partial charge in [-0.15, -0.1) is 0 Å². The molecule has 1 amide bonds. The second-order valence-corrected chi connectivity index (χ2v) is 5.83. The van der Waals surface area contributed by atoms with Gasteiger partial charge in [-0.05, 0) is 44.0 Å². The number of para-hydroxylation sites is 1. The Hall–Kier alpha value is -2.60. The van der Waals surface area contributed by atoms with Crippen molar-refractivity contribution in [2.24, 2.45) is 0 Å². The minimum atomic E-state index is -0.995. The third-order valence-corrected chi connectivity index (χ3v) is 3.74. The highest BCUT2D eigenvalue weighted by molar-refractivity contribution is 6.32. The first-order valence-electron chi connectivity index (χ1n) is 7.68. The predicted octanol–water partition coefficient (Wildman–Crippen LogP) is 3.30. The lowest BCUT2D eigenvalue weighted by molar-refractivity contribution is -0.155. The van der Waals surface area contributed by atoms with E-state index in [1.54, 1.807) is 12.1 Å². The summed E-state index contributed by atoms with van der Waals surface area (Å²) in [5.74, 6) is -0.503. The van der Waals surface area contributed by atoms with E-state index in [0.29, 0.717) is 11.4 Å². The molecule has 0 aliphatic carbocycles. The number of pyridine rings is 1. The maximum atomic E-state index is 12.1. The van der Waals surface area contributed by atoms with E-state index in [1.165, 1.54) is 13.1 Å². The standard InChI is InChI=1S/C18H19ClN2O4/c1-11-6-4-7-12(2)16(11)24-10-15(22)25-13(3)18(23)21-14-8-5-9-20-17(14)19/h4-9,13H,10H2,1-3H3,(H,21,23)/t13-/m0/s1. The van der Waals surface area contributed by atoms with E-state index in [1.807, 2.05) is 32.0 Å². The lowest BCUT2D eigenvalue weighted by Crippen LogP contribution is -2.31. The summed E-state index contributed by atoms with van der Waals surface area (Å²) in [6.45, 7) is 4.97. The van der Waals surface area contributed by atoms with Gasteiger partial charge in [0, 0.05) is 6.20 Å². The van der Waals surface area contributed by atoms with Crippen molar-refractivity contribution in [2.45, 2.75) is 26.9 Å². The van der Waals surface area contributed by atoms with Crippen LogP contribution in [-0.2, 0) is 14.3 Å². The first kappa shape index (κ1) is 18.7. The summed E-state index contributed by atoms with van der Waals surface area (Å²) in [5, 5.41) is 2.72. The van der Waals surface area contributed by atoms with Crippen LogP contribution in [-0.4, -0.2) is 29.6 Å². The number of halogens is 1. The molecular formula is C18H19ClN2O4. The van der Waals surface area contributed by atoms with Gasteiger partial charge in [-0.3, -0.25) is 4.79 Å². The van der Waals surface area contributed by atoms with Gasteiger partial charge in [0.1, 0.15) is 5.75 Å². The lowest BCUT2D eigenvalue weighted by atomic mass is 10.1. The number of carbonyl (C=O) groups is 2. The van der Waals surface area contributed by atoms with E-state index in [0.717, 1.165) is 11.1 Å². The Kier molecular flexibility index (Phi) is 6.36. The lowest BCUT2D eigenvalue weighted by Gasteiger charge is -2.15. The normalized spacial score (nSPS) is 11.5. The number of ether oxygens (including phenoxy) is 2. The highest BCUT2D eigenvalue weighted by atomic mass is 35.5. The molecule has 0 radical (unpaired) electrons. The molecule has 1 atom stereocenters. The van der Waals surface area contributed by atoms with Crippen LogP contribution < -0.4 is 10.1 Å². The van der Waals surface area contributed by atoms with Gasteiger partial charge < -0.3 is 14.8 Å². The number of nitrogens with zero attached hydrogens (tertiary/aromatic N) is 1. The molecule has 1 N–H and O–H groups in total. The molecule has 0 saturated heterocycles. The smallest absolute Gasteiger partial charge is 0.344 e. The number of rotatable bonds is 6. The van der Waals surface area contributed by atoms with Gasteiger partial charge in [0.25, 0.3) is 5.91 Å². The number of nitrogens with one attached hydrogen (secondary N) is 1. The van der Waals surface area contributed by atoms with Crippen molar-refractivity contribution in [2.75, 3.05) is 11.9 Å². The van der Waals surface area contributed by atoms with Crippen LogP contribution in [0.25, 0.3) is 0 Å². The van der Waals surface area contributed by atoms with E-state index in [4.69, 9.17) is 21.1 Å². The molecule has 2 rings (SSSR count). The quantitative estimate of drug-likeness (QED) is 0.630. The van der Waals surface area contributed by atoms with Gasteiger partial charge in [-0.1, -0.05) is 29.8 Å². The summed E-state index contributed by atoms with van der Waals surface area (Å²) in [5.41, 5.74) is 2.19. The summed E-state index contributed by atoms with van der Waals surface area (Å²) in [4.78, 5) is 27.8. The van der Waals surface area contributed by atoms with Gasteiger partial charge in [0.15, 0.2) is 17.9 Å².